The van der Waals surface area contributed by atoms with Crippen LogP contribution in [-0.2, 0) is 0 Å². The van der Waals surface area contributed by atoms with E-state index in [1.54, 1.807) is 31.2 Å². The molecule has 0 radical (unpaired) electrons. The van der Waals surface area contributed by atoms with Crippen LogP contribution in [0.4, 0.5) is 14.9 Å². The number of urea groups is 1. The third-order valence-corrected chi connectivity index (χ3v) is 3.07. The Morgan fingerprint density at radius 3 is 2.62 bits per heavy atom. The number of carbonyl (C=O) groups is 1. The van der Waals surface area contributed by atoms with Crippen molar-refractivity contribution in [2.24, 2.45) is 0 Å². The summed E-state index contributed by atoms with van der Waals surface area (Å²) < 4.78 is 13.4. The van der Waals surface area contributed by atoms with E-state index >= 15 is 0 Å². The van der Waals surface area contributed by atoms with Crippen molar-refractivity contribution in [3.63, 3.8) is 0 Å². The molecule has 21 heavy (non-hydrogen) atoms. The fourth-order valence-electron chi connectivity index (χ4n) is 1.83. The van der Waals surface area contributed by atoms with Crippen LogP contribution in [0.25, 0.3) is 0 Å². The summed E-state index contributed by atoms with van der Waals surface area (Å²) in [7, 11) is 0. The zero-order valence-corrected chi connectivity index (χ0v) is 11.6. The highest BCUT2D eigenvalue weighted by atomic mass is 19.1. The number of hydrogen-bond acceptors (Lipinski definition) is 2. The molecule has 3 N–H and O–H groups in total. The summed E-state index contributed by atoms with van der Waals surface area (Å²) in [5, 5.41) is 15.0. The van der Waals surface area contributed by atoms with Gasteiger partial charge in [0, 0.05) is 12.2 Å². The predicted molar refractivity (Wildman–Crippen MR) is 79.6 cm³/mol. The highest BCUT2D eigenvalue weighted by Gasteiger charge is 2.09. The van der Waals surface area contributed by atoms with Crippen molar-refractivity contribution in [3.05, 3.63) is 65.5 Å². The van der Waals surface area contributed by atoms with Gasteiger partial charge in [0.15, 0.2) is 0 Å². The van der Waals surface area contributed by atoms with Gasteiger partial charge in [0.25, 0.3) is 0 Å². The normalized spacial score (nSPS) is 11.8. The van der Waals surface area contributed by atoms with Gasteiger partial charge >= 0.3 is 6.03 Å². The van der Waals surface area contributed by atoms with E-state index in [-0.39, 0.29) is 12.4 Å². The first-order valence-electron chi connectivity index (χ1n) is 6.60. The van der Waals surface area contributed by atoms with E-state index in [0.29, 0.717) is 11.3 Å². The maximum Gasteiger partial charge on any atom is 0.319 e. The third-order valence-electron chi connectivity index (χ3n) is 3.07. The van der Waals surface area contributed by atoms with Gasteiger partial charge in [0.2, 0.25) is 0 Å². The summed E-state index contributed by atoms with van der Waals surface area (Å²) in [6.07, 6.45) is -0.785. The number of halogens is 1. The Balaban J connectivity index is 1.86. The van der Waals surface area contributed by atoms with Gasteiger partial charge in [-0.2, -0.15) is 0 Å². The summed E-state index contributed by atoms with van der Waals surface area (Å²) in [6, 6.07) is 13.0. The second-order valence-electron chi connectivity index (χ2n) is 4.73. The van der Waals surface area contributed by atoms with Gasteiger partial charge in [0.1, 0.15) is 5.82 Å². The minimum Gasteiger partial charge on any atom is -0.387 e. The molecular weight excluding hydrogens is 271 g/mol. The van der Waals surface area contributed by atoms with Crippen LogP contribution >= 0.6 is 0 Å². The molecule has 2 aromatic carbocycles. The first-order valence-corrected chi connectivity index (χ1v) is 6.60. The minimum atomic E-state index is -0.785. The van der Waals surface area contributed by atoms with E-state index in [2.05, 4.69) is 10.6 Å². The van der Waals surface area contributed by atoms with Crippen molar-refractivity contribution in [1.82, 2.24) is 5.32 Å². The minimum absolute atomic E-state index is 0.0736. The van der Waals surface area contributed by atoms with E-state index in [1.807, 2.05) is 18.2 Å². The second kappa shape index (κ2) is 6.85. The molecule has 0 saturated carbocycles. The van der Waals surface area contributed by atoms with Crippen molar-refractivity contribution < 1.29 is 14.3 Å². The molecule has 0 bridgehead atoms. The maximum atomic E-state index is 13.4. The van der Waals surface area contributed by atoms with Crippen LogP contribution in [0.15, 0.2) is 48.5 Å². The predicted octanol–water partition coefficient (Wildman–Crippen LogP) is 2.99. The Morgan fingerprint density at radius 2 is 1.95 bits per heavy atom. The van der Waals surface area contributed by atoms with Crippen LogP contribution in [0.3, 0.4) is 0 Å². The molecule has 0 aromatic heterocycles. The number of carbonyl (C=O) groups excluding carboxylic acids is 1. The number of aryl methyl sites for hydroxylation is 1. The number of aliphatic hydroxyl groups is 1. The monoisotopic (exact) mass is 288 g/mol. The maximum absolute atomic E-state index is 13.4. The molecule has 0 aliphatic heterocycles. The molecule has 0 spiro atoms. The summed E-state index contributed by atoms with van der Waals surface area (Å²) in [4.78, 5) is 11.7. The third kappa shape index (κ3) is 4.29. The highest BCUT2D eigenvalue weighted by molar-refractivity contribution is 5.89. The van der Waals surface area contributed by atoms with Crippen LogP contribution in [0.5, 0.6) is 0 Å². The lowest BCUT2D eigenvalue weighted by atomic mass is 10.1. The Hall–Kier alpha value is -2.40. The Morgan fingerprint density at radius 1 is 1.24 bits per heavy atom. The number of hydrogen-bond donors (Lipinski definition) is 3. The van der Waals surface area contributed by atoms with E-state index in [9.17, 15) is 14.3 Å². The molecule has 0 aliphatic carbocycles. The number of amides is 2. The Bertz CT molecular complexity index is 617. The van der Waals surface area contributed by atoms with Crippen LogP contribution < -0.4 is 10.6 Å². The number of benzene rings is 2. The fraction of sp³-hybridized carbons (Fsp3) is 0.188. The number of anilines is 1. The first kappa shape index (κ1) is 15.0. The molecule has 2 amide bonds. The molecule has 0 aliphatic rings. The molecule has 0 fully saturated rings. The van der Waals surface area contributed by atoms with Crippen molar-refractivity contribution in [2.45, 2.75) is 13.0 Å². The van der Waals surface area contributed by atoms with Crippen LogP contribution in [0, 0.1) is 12.7 Å². The molecule has 0 saturated heterocycles. The number of nitrogens with one attached hydrogen (secondary N) is 2. The Labute approximate surface area is 122 Å². The van der Waals surface area contributed by atoms with E-state index in [0.717, 1.165) is 5.56 Å². The van der Waals surface area contributed by atoms with Crippen molar-refractivity contribution in [1.29, 1.82) is 0 Å². The summed E-state index contributed by atoms with van der Waals surface area (Å²) in [5.41, 5.74) is 1.60. The lowest BCUT2D eigenvalue weighted by Gasteiger charge is -2.13. The van der Waals surface area contributed by atoms with Crippen LogP contribution in [-0.4, -0.2) is 17.7 Å². The molecule has 2 aromatic rings. The largest absolute Gasteiger partial charge is 0.387 e. The van der Waals surface area contributed by atoms with Crippen molar-refractivity contribution >= 4 is 11.7 Å². The lowest BCUT2D eigenvalue weighted by Crippen LogP contribution is -2.32. The van der Waals surface area contributed by atoms with E-state index in [4.69, 9.17) is 0 Å². The average Bonchev–Trinajstić information content (AvgIpc) is 2.49. The van der Waals surface area contributed by atoms with Gasteiger partial charge in [-0.1, -0.05) is 36.4 Å². The molecule has 0 heterocycles. The zero-order chi connectivity index (χ0) is 15.2. The molecule has 110 valence electrons. The van der Waals surface area contributed by atoms with Crippen LogP contribution in [0.1, 0.15) is 17.2 Å². The molecule has 5 heteroatoms. The van der Waals surface area contributed by atoms with Gasteiger partial charge < -0.3 is 15.7 Å². The number of rotatable bonds is 4. The van der Waals surface area contributed by atoms with E-state index < -0.39 is 12.1 Å². The fourth-order valence-corrected chi connectivity index (χ4v) is 1.83. The standard InChI is InChI=1S/C16H17FN2O2/c1-11-7-8-13(9-14(11)17)19-16(21)18-10-15(20)12-5-3-2-4-6-12/h2-9,15,20H,10H2,1H3,(H2,18,19,21)/t15-/m0/s1. The molecule has 4 nitrogen and oxygen atoms in total. The molecule has 2 rings (SSSR count). The summed E-state index contributed by atoms with van der Waals surface area (Å²) in [5.74, 6) is -0.378. The van der Waals surface area contributed by atoms with Gasteiger partial charge in [-0.05, 0) is 30.2 Å². The quantitative estimate of drug-likeness (QED) is 0.810. The number of aliphatic hydroxyl groups excluding tert-OH is 1. The molecule has 1 atom stereocenters. The lowest BCUT2D eigenvalue weighted by molar-refractivity contribution is 0.175. The highest BCUT2D eigenvalue weighted by Crippen LogP contribution is 2.14. The summed E-state index contributed by atoms with van der Waals surface area (Å²) >= 11 is 0. The van der Waals surface area contributed by atoms with E-state index in [1.165, 1.54) is 6.07 Å². The van der Waals surface area contributed by atoms with Gasteiger partial charge in [0.05, 0.1) is 6.10 Å². The molecular formula is C16H17FN2O2. The smallest absolute Gasteiger partial charge is 0.319 e. The van der Waals surface area contributed by atoms with Gasteiger partial charge in [-0.3, -0.25) is 0 Å². The SMILES string of the molecule is Cc1ccc(NC(=O)NC[C@H](O)c2ccccc2)cc1F. The summed E-state index contributed by atoms with van der Waals surface area (Å²) in [6.45, 7) is 1.72. The first-order chi connectivity index (χ1) is 10.1. The van der Waals surface area contributed by atoms with Crippen molar-refractivity contribution in [3.8, 4) is 0 Å². The van der Waals surface area contributed by atoms with Crippen LogP contribution in [0.2, 0.25) is 0 Å². The second-order valence-corrected chi connectivity index (χ2v) is 4.73. The molecule has 0 unspecified atom stereocenters. The Kier molecular flexibility index (Phi) is 4.90. The average molecular weight is 288 g/mol. The van der Waals surface area contributed by atoms with Gasteiger partial charge in [-0.25, -0.2) is 9.18 Å². The van der Waals surface area contributed by atoms with Gasteiger partial charge in [-0.15, -0.1) is 0 Å². The zero-order valence-electron chi connectivity index (χ0n) is 11.6. The topological polar surface area (TPSA) is 61.4 Å². The van der Waals surface area contributed by atoms with Crippen molar-refractivity contribution in [2.75, 3.05) is 11.9 Å².